The normalized spacial score (nSPS) is 15.3. The smallest absolute Gasteiger partial charge is 0.202 e. The molecular weight excluding hydrogens is 402 g/mol. The Hall–Kier alpha value is -2.91. The topological polar surface area (TPSA) is 90.9 Å². The summed E-state index contributed by atoms with van der Waals surface area (Å²) >= 11 is 0. The third-order valence-electron chi connectivity index (χ3n) is 5.09. The molecule has 0 atom stereocenters. The van der Waals surface area contributed by atoms with Crippen LogP contribution >= 0.6 is 0 Å². The Bertz CT molecular complexity index is 1130. The highest BCUT2D eigenvalue weighted by molar-refractivity contribution is 7.94. The van der Waals surface area contributed by atoms with Crippen molar-refractivity contribution in [2.75, 3.05) is 44.7 Å². The lowest BCUT2D eigenvalue weighted by Crippen LogP contribution is -3.12. The third-order valence-corrected chi connectivity index (χ3v) is 6.37. The van der Waals surface area contributed by atoms with E-state index in [1.807, 2.05) is 31.2 Å². The number of nitrogens with one attached hydrogen (secondary N) is 1. The van der Waals surface area contributed by atoms with Crippen LogP contribution in [0.3, 0.4) is 0 Å². The first-order valence-corrected chi connectivity index (χ1v) is 11.4. The molecule has 0 amide bonds. The van der Waals surface area contributed by atoms with Crippen molar-refractivity contribution in [3.8, 4) is 5.75 Å². The second kappa shape index (κ2) is 8.45. The number of benzene rings is 2. The Balaban J connectivity index is 1.70. The average Bonchev–Trinajstić information content (AvgIpc) is 2.74. The summed E-state index contributed by atoms with van der Waals surface area (Å²) in [5.41, 5.74) is 1.33. The van der Waals surface area contributed by atoms with Gasteiger partial charge in [0.05, 0.1) is 50.2 Å². The lowest BCUT2D eigenvalue weighted by atomic mass is 10.3. The largest absolute Gasteiger partial charge is 0.494 e. The molecule has 1 fully saturated rings. The number of anilines is 1. The maximum absolute atomic E-state index is 13.0. The molecule has 8 nitrogen and oxygen atoms in total. The van der Waals surface area contributed by atoms with Crippen molar-refractivity contribution in [3.63, 3.8) is 0 Å². The number of rotatable bonds is 6. The summed E-state index contributed by atoms with van der Waals surface area (Å²) in [7, 11) is -1.81. The van der Waals surface area contributed by atoms with E-state index < -0.39 is 10.0 Å². The van der Waals surface area contributed by atoms with Gasteiger partial charge in [-0.2, -0.15) is 0 Å². The molecule has 1 aliphatic rings. The van der Waals surface area contributed by atoms with Gasteiger partial charge in [-0.05, 0) is 48.6 Å². The summed E-state index contributed by atoms with van der Waals surface area (Å²) in [4.78, 5) is 12.9. The van der Waals surface area contributed by atoms with Crippen LogP contribution in [-0.2, 0) is 10.0 Å². The molecule has 1 saturated heterocycles. The molecule has 0 radical (unpaired) electrons. The number of hydrogen-bond donors (Lipinski definition) is 1. The molecule has 158 valence electrons. The Morgan fingerprint density at radius 3 is 2.30 bits per heavy atom. The number of aromatic nitrogens is 2. The molecule has 1 aliphatic heterocycles. The Morgan fingerprint density at radius 1 is 1.03 bits per heavy atom. The number of fused-ring (bicyclic) bond motifs is 1. The van der Waals surface area contributed by atoms with Gasteiger partial charge in [0.1, 0.15) is 11.6 Å². The van der Waals surface area contributed by atoms with E-state index in [-0.39, 0.29) is 10.7 Å². The molecule has 1 aromatic heterocycles. The Labute approximate surface area is 176 Å². The van der Waals surface area contributed by atoms with Crippen LogP contribution < -0.4 is 14.5 Å². The highest BCUT2D eigenvalue weighted by Crippen LogP contribution is 2.35. The zero-order chi connectivity index (χ0) is 21.1. The van der Waals surface area contributed by atoms with Crippen molar-refractivity contribution in [1.29, 1.82) is 0 Å². The Morgan fingerprint density at radius 2 is 1.67 bits per heavy atom. The van der Waals surface area contributed by atoms with E-state index in [1.165, 1.54) is 17.0 Å². The molecule has 0 unspecified atom stereocenters. The quantitative estimate of drug-likeness (QED) is 0.645. The van der Waals surface area contributed by atoms with Crippen molar-refractivity contribution in [3.05, 3.63) is 53.3 Å². The first kappa shape index (κ1) is 20.4. The number of sulfonamides is 1. The minimum absolute atomic E-state index is 0.0923. The van der Waals surface area contributed by atoms with Crippen LogP contribution in [0.4, 0.5) is 11.6 Å². The fourth-order valence-electron chi connectivity index (χ4n) is 3.40. The molecule has 0 bridgehead atoms. The first-order valence-electron chi connectivity index (χ1n) is 10.00. The van der Waals surface area contributed by atoms with Crippen LogP contribution in [0.5, 0.6) is 5.75 Å². The van der Waals surface area contributed by atoms with E-state index in [1.54, 1.807) is 12.1 Å². The second-order valence-corrected chi connectivity index (χ2v) is 8.88. The van der Waals surface area contributed by atoms with Crippen molar-refractivity contribution in [2.24, 2.45) is 0 Å². The van der Waals surface area contributed by atoms with Gasteiger partial charge < -0.3 is 24.2 Å². The SMILES string of the molecule is CCOc1ccc(S(=O)(=O)[N-]c2nc3ccccc3nc2N2CC[NH+](C)CC2)cc1. The maximum atomic E-state index is 13.0. The van der Waals surface area contributed by atoms with E-state index in [0.717, 1.165) is 31.7 Å². The van der Waals surface area contributed by atoms with Gasteiger partial charge in [0.15, 0.2) is 0 Å². The van der Waals surface area contributed by atoms with E-state index in [0.29, 0.717) is 23.7 Å². The van der Waals surface area contributed by atoms with E-state index >= 15 is 0 Å². The number of para-hydroxylation sites is 2. The van der Waals surface area contributed by atoms with Gasteiger partial charge >= 0.3 is 0 Å². The van der Waals surface area contributed by atoms with Crippen molar-refractivity contribution in [2.45, 2.75) is 11.8 Å². The minimum Gasteiger partial charge on any atom is -0.494 e. The Kier molecular flexibility index (Phi) is 5.74. The number of quaternary nitrogens is 1. The van der Waals surface area contributed by atoms with Gasteiger partial charge in [0.25, 0.3) is 0 Å². The van der Waals surface area contributed by atoms with Gasteiger partial charge in [-0.1, -0.05) is 18.2 Å². The minimum atomic E-state index is -3.95. The highest BCUT2D eigenvalue weighted by Gasteiger charge is 2.21. The summed E-state index contributed by atoms with van der Waals surface area (Å²) in [6.45, 7) is 5.81. The summed E-state index contributed by atoms with van der Waals surface area (Å²) in [6, 6.07) is 13.7. The molecule has 2 aromatic carbocycles. The molecule has 1 N–H and O–H groups in total. The van der Waals surface area contributed by atoms with Gasteiger partial charge in [-0.15, -0.1) is 0 Å². The zero-order valence-corrected chi connectivity index (χ0v) is 17.9. The van der Waals surface area contributed by atoms with Crippen molar-refractivity contribution in [1.82, 2.24) is 9.97 Å². The molecule has 3 aromatic rings. The molecule has 4 rings (SSSR count). The van der Waals surface area contributed by atoms with Crippen LogP contribution in [0.2, 0.25) is 0 Å². The first-order chi connectivity index (χ1) is 14.5. The molecule has 9 heteroatoms. The third kappa shape index (κ3) is 4.31. The van der Waals surface area contributed by atoms with Crippen LogP contribution in [0.1, 0.15) is 6.92 Å². The standard InChI is InChI=1S/C21H24N5O3S/c1-3-29-16-8-10-17(11-9-16)30(27,28)24-20-21(26-14-12-25(2)13-15-26)23-19-7-5-4-6-18(19)22-20/h4-11H,3,12-15H2,1-2H3/q-1/p+1. The molecule has 2 heterocycles. The zero-order valence-electron chi connectivity index (χ0n) is 17.1. The molecule has 0 saturated carbocycles. The summed E-state index contributed by atoms with van der Waals surface area (Å²) in [5, 5.41) is 0. The predicted molar refractivity (Wildman–Crippen MR) is 116 cm³/mol. The average molecular weight is 428 g/mol. The number of ether oxygens (including phenoxy) is 1. The van der Waals surface area contributed by atoms with Crippen molar-refractivity contribution >= 4 is 32.7 Å². The second-order valence-electron chi connectivity index (χ2n) is 7.27. The number of piperazine rings is 1. The fraction of sp³-hybridized carbons (Fsp3) is 0.333. The summed E-state index contributed by atoms with van der Waals surface area (Å²) in [5.74, 6) is 1.25. The van der Waals surface area contributed by atoms with Crippen LogP contribution in [0.25, 0.3) is 15.8 Å². The van der Waals surface area contributed by atoms with Crippen LogP contribution in [0.15, 0.2) is 53.4 Å². The lowest BCUT2D eigenvalue weighted by molar-refractivity contribution is -0.880. The number of likely N-dealkylation sites (N-methyl/N-ethyl adjacent to an activating group) is 1. The predicted octanol–water partition coefficient (Wildman–Crippen LogP) is 1.76. The van der Waals surface area contributed by atoms with E-state index in [2.05, 4.69) is 21.7 Å². The highest BCUT2D eigenvalue weighted by atomic mass is 32.2. The molecule has 30 heavy (non-hydrogen) atoms. The van der Waals surface area contributed by atoms with Crippen LogP contribution in [-0.4, -0.2) is 58.2 Å². The summed E-state index contributed by atoms with van der Waals surface area (Å²) in [6.07, 6.45) is 0. The maximum Gasteiger partial charge on any atom is 0.202 e. The number of nitrogens with zero attached hydrogens (tertiary/aromatic N) is 4. The van der Waals surface area contributed by atoms with Gasteiger partial charge in [0.2, 0.25) is 10.0 Å². The fourth-order valence-corrected chi connectivity index (χ4v) is 4.33. The van der Waals surface area contributed by atoms with Crippen molar-refractivity contribution < 1.29 is 18.1 Å². The van der Waals surface area contributed by atoms with Gasteiger partial charge in [-0.3, -0.25) is 0 Å². The van der Waals surface area contributed by atoms with E-state index in [4.69, 9.17) is 9.72 Å². The molecule has 0 aliphatic carbocycles. The van der Waals surface area contributed by atoms with Gasteiger partial charge in [0, 0.05) is 0 Å². The van der Waals surface area contributed by atoms with E-state index in [9.17, 15) is 8.42 Å². The molecule has 0 spiro atoms. The molecular formula is C21H25N5O3S. The summed E-state index contributed by atoms with van der Waals surface area (Å²) < 4.78 is 35.5. The van der Waals surface area contributed by atoms with Gasteiger partial charge in [-0.25, -0.2) is 13.4 Å². The lowest BCUT2D eigenvalue weighted by Gasteiger charge is -2.34. The number of hydrogen-bond acceptors (Lipinski definition) is 6. The van der Waals surface area contributed by atoms with Crippen LogP contribution in [0, 0.1) is 0 Å². The monoisotopic (exact) mass is 427 g/mol.